The molecule has 154 valence electrons. The first-order valence-electron chi connectivity index (χ1n) is 11.0. The Morgan fingerprint density at radius 3 is 2.07 bits per heavy atom. The highest BCUT2D eigenvalue weighted by atomic mass is 16.2. The summed E-state index contributed by atoms with van der Waals surface area (Å²) in [5, 5.41) is 5.99. The van der Waals surface area contributed by atoms with Crippen LogP contribution in [0.1, 0.15) is 48.2 Å². The molecule has 30 heavy (non-hydrogen) atoms. The van der Waals surface area contributed by atoms with Crippen LogP contribution in [0.4, 0.5) is 0 Å². The minimum absolute atomic E-state index is 0.105. The number of nitrogens with one attached hydrogen (secondary N) is 1. The Hall–Kier alpha value is -2.91. The van der Waals surface area contributed by atoms with Crippen LogP contribution in [-0.4, -0.2) is 37.0 Å². The van der Waals surface area contributed by atoms with Crippen LogP contribution in [0.3, 0.4) is 0 Å². The zero-order chi connectivity index (χ0) is 20.9. The fraction of sp³-hybridized carbons (Fsp3) is 0.296. The van der Waals surface area contributed by atoms with Crippen molar-refractivity contribution in [3.63, 3.8) is 0 Å². The van der Waals surface area contributed by atoms with E-state index in [1.54, 1.807) is 0 Å². The Labute approximate surface area is 179 Å². The van der Waals surface area contributed by atoms with E-state index in [0.29, 0.717) is 0 Å². The van der Waals surface area contributed by atoms with Gasteiger partial charge >= 0.3 is 0 Å². The smallest absolute Gasteiger partial charge is 0.253 e. The van der Waals surface area contributed by atoms with E-state index in [2.05, 4.69) is 59.9 Å². The molecule has 1 aliphatic rings. The van der Waals surface area contributed by atoms with Crippen molar-refractivity contribution in [1.29, 1.82) is 0 Å². The molecule has 3 aromatic carbocycles. The Bertz CT molecular complexity index is 1050. The van der Waals surface area contributed by atoms with E-state index in [4.69, 9.17) is 0 Å². The van der Waals surface area contributed by atoms with Gasteiger partial charge in [-0.25, -0.2) is 0 Å². The van der Waals surface area contributed by atoms with E-state index in [1.807, 2.05) is 30.9 Å². The number of rotatable bonds is 5. The number of benzene rings is 3. The molecule has 0 aliphatic carbocycles. The number of nitrogens with zero attached hydrogens (tertiary/aromatic N) is 1. The fourth-order valence-corrected chi connectivity index (χ4v) is 4.37. The van der Waals surface area contributed by atoms with Crippen LogP contribution in [0.2, 0.25) is 0 Å². The van der Waals surface area contributed by atoms with Gasteiger partial charge in [-0.05, 0) is 85.5 Å². The summed E-state index contributed by atoms with van der Waals surface area (Å²) in [6.07, 6.45) is 2.12. The number of carbonyl (C=O) groups is 1. The second-order valence-electron chi connectivity index (χ2n) is 7.85. The molecule has 0 saturated carbocycles. The monoisotopic (exact) mass is 398 g/mol. The van der Waals surface area contributed by atoms with Crippen molar-refractivity contribution in [2.45, 2.75) is 26.7 Å². The molecule has 1 saturated heterocycles. The van der Waals surface area contributed by atoms with Crippen molar-refractivity contribution in [1.82, 2.24) is 10.2 Å². The Kier molecular flexibility index (Phi) is 6.29. The maximum atomic E-state index is 12.7. The molecule has 3 nitrogen and oxygen atoms in total. The van der Waals surface area contributed by atoms with E-state index in [9.17, 15) is 4.79 Å². The minimum atomic E-state index is 0.105. The first-order valence-corrected chi connectivity index (χ1v) is 11.0. The molecule has 0 spiro atoms. The quantitative estimate of drug-likeness (QED) is 0.615. The summed E-state index contributed by atoms with van der Waals surface area (Å²) in [5.74, 6) is 0.105. The lowest BCUT2D eigenvalue weighted by Gasteiger charge is -2.22. The summed E-state index contributed by atoms with van der Waals surface area (Å²) in [7, 11) is 0. The van der Waals surface area contributed by atoms with Crippen molar-refractivity contribution < 1.29 is 4.79 Å². The van der Waals surface area contributed by atoms with E-state index >= 15 is 0 Å². The van der Waals surface area contributed by atoms with Gasteiger partial charge in [-0.3, -0.25) is 4.79 Å². The summed E-state index contributed by atoms with van der Waals surface area (Å²) in [4.78, 5) is 14.6. The Morgan fingerprint density at radius 1 is 0.800 bits per heavy atom. The first kappa shape index (κ1) is 20.4. The van der Waals surface area contributed by atoms with Gasteiger partial charge in [0, 0.05) is 18.7 Å². The number of hydrogen-bond donors (Lipinski definition) is 1. The summed E-state index contributed by atoms with van der Waals surface area (Å²) >= 11 is 0. The van der Waals surface area contributed by atoms with Gasteiger partial charge in [-0.2, -0.15) is 0 Å². The van der Waals surface area contributed by atoms with E-state index in [-0.39, 0.29) is 5.91 Å². The lowest BCUT2D eigenvalue weighted by Crippen LogP contribution is -2.30. The van der Waals surface area contributed by atoms with Gasteiger partial charge < -0.3 is 10.2 Å². The minimum Gasteiger partial charge on any atom is -0.339 e. The van der Waals surface area contributed by atoms with Crippen molar-refractivity contribution in [2.24, 2.45) is 0 Å². The summed E-state index contributed by atoms with van der Waals surface area (Å²) in [6, 6.07) is 23.5. The number of carbonyl (C=O) groups excluding carboxylic acids is 1. The molecule has 0 aromatic heterocycles. The zero-order valence-electron chi connectivity index (χ0n) is 17.9. The molecule has 3 heteroatoms. The Morgan fingerprint density at radius 2 is 1.40 bits per heavy atom. The van der Waals surface area contributed by atoms with Crippen molar-refractivity contribution in [3.8, 4) is 0 Å². The van der Waals surface area contributed by atoms with Gasteiger partial charge in [-0.1, -0.05) is 54.1 Å². The lowest BCUT2D eigenvalue weighted by atomic mass is 9.87. The molecule has 1 aliphatic heterocycles. The summed E-state index contributed by atoms with van der Waals surface area (Å²) in [5.41, 5.74) is 6.03. The van der Waals surface area contributed by atoms with E-state index in [1.165, 1.54) is 33.0 Å². The van der Waals surface area contributed by atoms with Crippen LogP contribution in [0.5, 0.6) is 0 Å². The number of amides is 1. The molecule has 3 aromatic rings. The third-order valence-corrected chi connectivity index (χ3v) is 6.07. The SMILES string of the molecule is CCN(CC)C(=O)c1ccc(C(=C2CCNCC2)c2ccc3ccccc3c2)cc1. The predicted molar refractivity (Wildman–Crippen MR) is 126 cm³/mol. The van der Waals surface area contributed by atoms with Crippen molar-refractivity contribution in [3.05, 3.63) is 89.0 Å². The topological polar surface area (TPSA) is 32.3 Å². The van der Waals surface area contributed by atoms with E-state index in [0.717, 1.165) is 44.6 Å². The van der Waals surface area contributed by atoms with Crippen LogP contribution in [0.25, 0.3) is 16.3 Å². The largest absolute Gasteiger partial charge is 0.339 e. The standard InChI is InChI=1S/C27H30N2O/c1-3-29(4-2)27(30)23-12-10-21(11-13-23)26(22-15-17-28-18-16-22)25-14-9-20-7-5-6-8-24(20)19-25/h5-14,19,28H,3-4,15-18H2,1-2H3. The normalized spacial score (nSPS) is 14.0. The van der Waals surface area contributed by atoms with Crippen LogP contribution >= 0.6 is 0 Å². The highest BCUT2D eigenvalue weighted by Gasteiger charge is 2.17. The summed E-state index contributed by atoms with van der Waals surface area (Å²) in [6.45, 7) is 7.55. The second kappa shape index (κ2) is 9.27. The van der Waals surface area contributed by atoms with Gasteiger partial charge in [0.2, 0.25) is 0 Å². The molecule has 0 bridgehead atoms. The molecule has 4 rings (SSSR count). The van der Waals surface area contributed by atoms with E-state index < -0.39 is 0 Å². The predicted octanol–water partition coefficient (Wildman–Crippen LogP) is 5.51. The highest BCUT2D eigenvalue weighted by molar-refractivity contribution is 5.95. The molecule has 0 unspecified atom stereocenters. The van der Waals surface area contributed by atoms with Crippen LogP contribution < -0.4 is 5.32 Å². The van der Waals surface area contributed by atoms with Crippen LogP contribution in [0, 0.1) is 0 Å². The average Bonchev–Trinajstić information content (AvgIpc) is 2.81. The molecule has 1 N–H and O–H groups in total. The maximum absolute atomic E-state index is 12.7. The average molecular weight is 399 g/mol. The van der Waals surface area contributed by atoms with Gasteiger partial charge in [0.05, 0.1) is 0 Å². The van der Waals surface area contributed by atoms with Crippen molar-refractivity contribution >= 4 is 22.3 Å². The Balaban J connectivity index is 1.76. The number of fused-ring (bicyclic) bond motifs is 1. The fourth-order valence-electron chi connectivity index (χ4n) is 4.37. The molecular formula is C27H30N2O. The third-order valence-electron chi connectivity index (χ3n) is 6.07. The molecular weight excluding hydrogens is 368 g/mol. The van der Waals surface area contributed by atoms with Crippen molar-refractivity contribution in [2.75, 3.05) is 26.2 Å². The van der Waals surface area contributed by atoms with Crippen LogP contribution in [0.15, 0.2) is 72.3 Å². The molecule has 0 atom stereocenters. The molecule has 1 amide bonds. The molecule has 1 heterocycles. The van der Waals surface area contributed by atoms with Gasteiger partial charge in [0.25, 0.3) is 5.91 Å². The molecule has 1 fully saturated rings. The number of piperidine rings is 1. The number of hydrogen-bond acceptors (Lipinski definition) is 2. The van der Waals surface area contributed by atoms with Gasteiger partial charge in [0.1, 0.15) is 0 Å². The zero-order valence-corrected chi connectivity index (χ0v) is 17.9. The first-order chi connectivity index (χ1) is 14.7. The second-order valence-corrected chi connectivity index (χ2v) is 7.85. The lowest BCUT2D eigenvalue weighted by molar-refractivity contribution is 0.0773. The summed E-state index contributed by atoms with van der Waals surface area (Å²) < 4.78 is 0. The van der Waals surface area contributed by atoms with Crippen LogP contribution in [-0.2, 0) is 0 Å². The van der Waals surface area contributed by atoms with Gasteiger partial charge in [-0.15, -0.1) is 0 Å². The third kappa shape index (κ3) is 4.17. The van der Waals surface area contributed by atoms with Gasteiger partial charge in [0.15, 0.2) is 0 Å². The molecule has 0 radical (unpaired) electrons. The highest BCUT2D eigenvalue weighted by Crippen LogP contribution is 2.33. The maximum Gasteiger partial charge on any atom is 0.253 e.